The van der Waals surface area contributed by atoms with Gasteiger partial charge in [0.25, 0.3) is 11.8 Å². The summed E-state index contributed by atoms with van der Waals surface area (Å²) in [7, 11) is 0. The van der Waals surface area contributed by atoms with E-state index in [1.54, 1.807) is 36.4 Å². The van der Waals surface area contributed by atoms with Crippen LogP contribution in [-0.4, -0.2) is 31.6 Å². The Bertz CT molecular complexity index is 761. The first-order valence-electron chi connectivity index (χ1n) is 9.17. The molecule has 27 heavy (non-hydrogen) atoms. The van der Waals surface area contributed by atoms with Crippen molar-refractivity contribution in [3.63, 3.8) is 0 Å². The van der Waals surface area contributed by atoms with Gasteiger partial charge < -0.3 is 20.1 Å². The molecule has 6 heteroatoms. The van der Waals surface area contributed by atoms with Gasteiger partial charge in [-0.25, -0.2) is 0 Å². The Morgan fingerprint density at radius 2 is 1.56 bits per heavy atom. The van der Waals surface area contributed by atoms with E-state index in [9.17, 15) is 9.59 Å². The standard InChI is InChI=1S/C21H26N2O4/c1-3-13-22-21(25)16-9-5-6-10-17(16)23-20(24)15-27-19-12-8-7-11-18(19)26-14-4-2/h5-12H,3-4,13-15H2,1-2H3,(H,22,25)(H,23,24). The lowest BCUT2D eigenvalue weighted by molar-refractivity contribution is -0.118. The van der Waals surface area contributed by atoms with Crippen LogP contribution >= 0.6 is 0 Å². The Balaban J connectivity index is 1.98. The Hall–Kier alpha value is -3.02. The first kappa shape index (κ1) is 20.3. The molecule has 2 aromatic carbocycles. The van der Waals surface area contributed by atoms with E-state index in [0.717, 1.165) is 12.8 Å². The number of rotatable bonds is 10. The van der Waals surface area contributed by atoms with Crippen molar-refractivity contribution in [3.05, 3.63) is 54.1 Å². The molecule has 0 aliphatic heterocycles. The molecule has 0 spiro atoms. The summed E-state index contributed by atoms with van der Waals surface area (Å²) in [5.41, 5.74) is 0.876. The molecule has 0 saturated heterocycles. The monoisotopic (exact) mass is 370 g/mol. The number of carbonyl (C=O) groups excluding carboxylic acids is 2. The van der Waals surface area contributed by atoms with Crippen molar-refractivity contribution in [1.29, 1.82) is 0 Å². The first-order chi connectivity index (χ1) is 13.2. The number of anilines is 1. The van der Waals surface area contributed by atoms with Gasteiger partial charge in [0.2, 0.25) is 0 Å². The molecule has 0 saturated carbocycles. The summed E-state index contributed by atoms with van der Waals surface area (Å²) < 4.78 is 11.2. The Labute approximate surface area is 159 Å². The van der Waals surface area contributed by atoms with Crippen LogP contribution < -0.4 is 20.1 Å². The van der Waals surface area contributed by atoms with Gasteiger partial charge in [0.1, 0.15) is 0 Å². The average Bonchev–Trinajstić information content (AvgIpc) is 2.70. The van der Waals surface area contributed by atoms with Gasteiger partial charge in [-0.1, -0.05) is 38.1 Å². The quantitative estimate of drug-likeness (QED) is 0.669. The van der Waals surface area contributed by atoms with Crippen LogP contribution in [0.25, 0.3) is 0 Å². The predicted octanol–water partition coefficient (Wildman–Crippen LogP) is 3.63. The number of benzene rings is 2. The van der Waals surface area contributed by atoms with Gasteiger partial charge in [-0.15, -0.1) is 0 Å². The van der Waals surface area contributed by atoms with Crippen molar-refractivity contribution < 1.29 is 19.1 Å². The molecule has 144 valence electrons. The van der Waals surface area contributed by atoms with Gasteiger partial charge >= 0.3 is 0 Å². The fourth-order valence-corrected chi connectivity index (χ4v) is 2.35. The molecule has 2 amide bonds. The van der Waals surface area contributed by atoms with Crippen LogP contribution in [0.5, 0.6) is 11.5 Å². The zero-order valence-corrected chi connectivity index (χ0v) is 15.8. The van der Waals surface area contributed by atoms with Crippen LogP contribution in [0.2, 0.25) is 0 Å². The van der Waals surface area contributed by atoms with E-state index in [2.05, 4.69) is 10.6 Å². The SMILES string of the molecule is CCCNC(=O)c1ccccc1NC(=O)COc1ccccc1OCCC. The largest absolute Gasteiger partial charge is 0.490 e. The molecule has 0 aliphatic rings. The molecular weight excluding hydrogens is 344 g/mol. The highest BCUT2D eigenvalue weighted by Gasteiger charge is 2.13. The lowest BCUT2D eigenvalue weighted by Crippen LogP contribution is -2.27. The molecule has 2 N–H and O–H groups in total. The molecule has 2 aromatic rings. The topological polar surface area (TPSA) is 76.7 Å². The van der Waals surface area contributed by atoms with Crippen LogP contribution in [0.3, 0.4) is 0 Å². The number of para-hydroxylation sites is 3. The second kappa shape index (κ2) is 10.9. The lowest BCUT2D eigenvalue weighted by atomic mass is 10.1. The van der Waals surface area contributed by atoms with Crippen molar-refractivity contribution >= 4 is 17.5 Å². The minimum Gasteiger partial charge on any atom is -0.490 e. The third-order valence-electron chi connectivity index (χ3n) is 3.65. The van der Waals surface area contributed by atoms with E-state index in [4.69, 9.17) is 9.47 Å². The van der Waals surface area contributed by atoms with Gasteiger partial charge in [0.05, 0.1) is 17.9 Å². The molecule has 2 rings (SSSR count). The van der Waals surface area contributed by atoms with E-state index in [0.29, 0.717) is 35.9 Å². The van der Waals surface area contributed by atoms with Crippen molar-refractivity contribution in [1.82, 2.24) is 5.32 Å². The second-order valence-electron chi connectivity index (χ2n) is 5.93. The van der Waals surface area contributed by atoms with Gasteiger partial charge in [-0.05, 0) is 37.1 Å². The molecule has 0 heterocycles. The number of nitrogens with one attached hydrogen (secondary N) is 2. The molecule has 0 atom stereocenters. The van der Waals surface area contributed by atoms with Gasteiger partial charge in [-0.3, -0.25) is 9.59 Å². The highest BCUT2D eigenvalue weighted by Crippen LogP contribution is 2.26. The third-order valence-corrected chi connectivity index (χ3v) is 3.65. The summed E-state index contributed by atoms with van der Waals surface area (Å²) in [6.45, 7) is 4.97. The molecule has 6 nitrogen and oxygen atoms in total. The molecule has 0 bridgehead atoms. The molecule has 0 aliphatic carbocycles. The van der Waals surface area contributed by atoms with Gasteiger partial charge in [-0.2, -0.15) is 0 Å². The van der Waals surface area contributed by atoms with E-state index >= 15 is 0 Å². The second-order valence-corrected chi connectivity index (χ2v) is 5.93. The first-order valence-corrected chi connectivity index (χ1v) is 9.17. The lowest BCUT2D eigenvalue weighted by Gasteiger charge is -2.13. The van der Waals surface area contributed by atoms with Gasteiger partial charge in [0.15, 0.2) is 18.1 Å². The summed E-state index contributed by atoms with van der Waals surface area (Å²) in [5, 5.41) is 5.54. The maximum Gasteiger partial charge on any atom is 0.262 e. The number of hydrogen-bond acceptors (Lipinski definition) is 4. The number of amides is 2. The van der Waals surface area contributed by atoms with Crippen molar-refractivity contribution in [2.75, 3.05) is 25.1 Å². The van der Waals surface area contributed by atoms with Crippen LogP contribution in [0.4, 0.5) is 5.69 Å². The molecule has 0 radical (unpaired) electrons. The van der Waals surface area contributed by atoms with Crippen molar-refractivity contribution in [3.8, 4) is 11.5 Å². The summed E-state index contributed by atoms with van der Waals surface area (Å²) in [6.07, 6.45) is 1.72. The molecular formula is C21H26N2O4. The van der Waals surface area contributed by atoms with Crippen molar-refractivity contribution in [2.45, 2.75) is 26.7 Å². The third kappa shape index (κ3) is 6.33. The minimum atomic E-state index is -0.351. The summed E-state index contributed by atoms with van der Waals surface area (Å²) in [5.74, 6) is 0.546. The fourth-order valence-electron chi connectivity index (χ4n) is 2.35. The molecule has 0 unspecified atom stereocenters. The predicted molar refractivity (Wildman–Crippen MR) is 105 cm³/mol. The highest BCUT2D eigenvalue weighted by molar-refractivity contribution is 6.04. The fraction of sp³-hybridized carbons (Fsp3) is 0.333. The number of ether oxygens (including phenoxy) is 2. The average molecular weight is 370 g/mol. The number of carbonyl (C=O) groups is 2. The van der Waals surface area contributed by atoms with Crippen LogP contribution in [-0.2, 0) is 4.79 Å². The minimum absolute atomic E-state index is 0.183. The van der Waals surface area contributed by atoms with Gasteiger partial charge in [0, 0.05) is 6.54 Å². The summed E-state index contributed by atoms with van der Waals surface area (Å²) in [4.78, 5) is 24.5. The Morgan fingerprint density at radius 1 is 0.889 bits per heavy atom. The Kier molecular flexibility index (Phi) is 8.16. The normalized spacial score (nSPS) is 10.1. The Morgan fingerprint density at radius 3 is 2.26 bits per heavy atom. The van der Waals surface area contributed by atoms with Crippen molar-refractivity contribution in [2.24, 2.45) is 0 Å². The number of hydrogen-bond donors (Lipinski definition) is 2. The van der Waals surface area contributed by atoms with Crippen LogP contribution in [0, 0.1) is 0 Å². The zero-order chi connectivity index (χ0) is 19.5. The summed E-state index contributed by atoms with van der Waals surface area (Å²) >= 11 is 0. The van der Waals surface area contributed by atoms with E-state index in [1.165, 1.54) is 0 Å². The smallest absolute Gasteiger partial charge is 0.262 e. The maximum atomic E-state index is 12.3. The van der Waals surface area contributed by atoms with Crippen LogP contribution in [0.1, 0.15) is 37.0 Å². The highest BCUT2D eigenvalue weighted by atomic mass is 16.5. The maximum absolute atomic E-state index is 12.3. The molecule has 0 fully saturated rings. The summed E-state index contributed by atoms with van der Waals surface area (Å²) in [6, 6.07) is 14.1. The van der Waals surface area contributed by atoms with Crippen LogP contribution in [0.15, 0.2) is 48.5 Å². The van der Waals surface area contributed by atoms with E-state index in [-0.39, 0.29) is 18.4 Å². The zero-order valence-electron chi connectivity index (χ0n) is 15.8. The van der Waals surface area contributed by atoms with E-state index in [1.807, 2.05) is 26.0 Å². The molecule has 0 aromatic heterocycles. The van der Waals surface area contributed by atoms with E-state index < -0.39 is 0 Å².